The molecule has 0 saturated carbocycles. The first-order valence-corrected chi connectivity index (χ1v) is 5.73. The second-order valence-corrected chi connectivity index (χ2v) is 4.81. The van der Waals surface area contributed by atoms with Gasteiger partial charge < -0.3 is 15.5 Å². The predicted molar refractivity (Wildman–Crippen MR) is 61.5 cm³/mol. The highest BCUT2D eigenvalue weighted by Crippen LogP contribution is 2.18. The van der Waals surface area contributed by atoms with Crippen molar-refractivity contribution < 1.29 is 4.79 Å². The zero-order valence-corrected chi connectivity index (χ0v) is 10.1. The first-order valence-electron chi connectivity index (χ1n) is 5.73. The van der Waals surface area contributed by atoms with Crippen LogP contribution in [0.15, 0.2) is 0 Å². The van der Waals surface area contributed by atoms with Crippen LogP contribution in [-0.2, 0) is 4.79 Å². The van der Waals surface area contributed by atoms with Gasteiger partial charge in [-0.1, -0.05) is 6.92 Å². The number of rotatable bonds is 3. The molecule has 0 atom stereocenters. The molecular formula is C11H23N3O. The van der Waals surface area contributed by atoms with Crippen molar-refractivity contribution in [3.8, 4) is 0 Å². The van der Waals surface area contributed by atoms with Crippen LogP contribution >= 0.6 is 0 Å². The molecule has 1 aliphatic rings. The molecule has 1 fully saturated rings. The maximum absolute atomic E-state index is 12.1. The smallest absolute Gasteiger partial charge is 0.229 e. The van der Waals surface area contributed by atoms with Crippen LogP contribution in [0.5, 0.6) is 0 Å². The lowest BCUT2D eigenvalue weighted by Gasteiger charge is -2.37. The average Bonchev–Trinajstić information content (AvgIpc) is 2.28. The fourth-order valence-electron chi connectivity index (χ4n) is 1.78. The SMILES string of the molecule is CCN1CCN(C(=O)C(C)(C)CN)CC1. The Morgan fingerprint density at radius 3 is 2.20 bits per heavy atom. The number of piperazine rings is 1. The summed E-state index contributed by atoms with van der Waals surface area (Å²) in [6.45, 7) is 11.1. The van der Waals surface area contributed by atoms with Gasteiger partial charge in [0.15, 0.2) is 0 Å². The molecule has 88 valence electrons. The molecule has 0 aliphatic carbocycles. The van der Waals surface area contributed by atoms with E-state index in [0.29, 0.717) is 6.54 Å². The number of nitrogens with zero attached hydrogens (tertiary/aromatic N) is 2. The molecule has 2 N–H and O–H groups in total. The Kier molecular flexibility index (Phi) is 4.11. The summed E-state index contributed by atoms with van der Waals surface area (Å²) in [5, 5.41) is 0. The zero-order chi connectivity index (χ0) is 11.5. The molecule has 0 aromatic rings. The lowest BCUT2D eigenvalue weighted by Crippen LogP contribution is -2.53. The normalized spacial score (nSPS) is 19.3. The quantitative estimate of drug-likeness (QED) is 0.725. The minimum Gasteiger partial charge on any atom is -0.340 e. The molecule has 0 unspecified atom stereocenters. The van der Waals surface area contributed by atoms with Crippen molar-refractivity contribution in [2.75, 3.05) is 39.3 Å². The van der Waals surface area contributed by atoms with Crippen LogP contribution in [0.3, 0.4) is 0 Å². The van der Waals surface area contributed by atoms with Crippen LogP contribution in [0.25, 0.3) is 0 Å². The minimum absolute atomic E-state index is 0.195. The number of hydrogen-bond acceptors (Lipinski definition) is 3. The summed E-state index contributed by atoms with van der Waals surface area (Å²) in [6, 6.07) is 0. The van der Waals surface area contributed by atoms with E-state index in [1.165, 1.54) is 0 Å². The maximum Gasteiger partial charge on any atom is 0.229 e. The van der Waals surface area contributed by atoms with Gasteiger partial charge >= 0.3 is 0 Å². The topological polar surface area (TPSA) is 49.6 Å². The van der Waals surface area contributed by atoms with Crippen molar-refractivity contribution in [3.63, 3.8) is 0 Å². The van der Waals surface area contributed by atoms with E-state index in [9.17, 15) is 4.79 Å². The van der Waals surface area contributed by atoms with Gasteiger partial charge in [-0.2, -0.15) is 0 Å². The Bertz CT molecular complexity index is 220. The number of carbonyl (C=O) groups is 1. The van der Waals surface area contributed by atoms with Gasteiger partial charge in [0, 0.05) is 32.7 Å². The fraction of sp³-hybridized carbons (Fsp3) is 0.909. The molecule has 0 spiro atoms. The molecule has 4 nitrogen and oxygen atoms in total. The number of nitrogens with two attached hydrogens (primary N) is 1. The fourth-order valence-corrected chi connectivity index (χ4v) is 1.78. The number of amides is 1. The van der Waals surface area contributed by atoms with Gasteiger partial charge in [-0.25, -0.2) is 0 Å². The minimum atomic E-state index is -0.408. The summed E-state index contributed by atoms with van der Waals surface area (Å²) >= 11 is 0. The molecule has 1 rings (SSSR count). The van der Waals surface area contributed by atoms with Gasteiger partial charge in [0.25, 0.3) is 0 Å². The molecule has 1 heterocycles. The van der Waals surface area contributed by atoms with Crippen LogP contribution in [0.1, 0.15) is 20.8 Å². The van der Waals surface area contributed by atoms with Crippen LogP contribution in [0.4, 0.5) is 0 Å². The van der Waals surface area contributed by atoms with Crippen molar-refractivity contribution >= 4 is 5.91 Å². The van der Waals surface area contributed by atoms with Gasteiger partial charge in [-0.3, -0.25) is 4.79 Å². The average molecular weight is 213 g/mol. The van der Waals surface area contributed by atoms with Gasteiger partial charge in [-0.05, 0) is 20.4 Å². The third kappa shape index (κ3) is 2.92. The van der Waals surface area contributed by atoms with Gasteiger partial charge in [-0.15, -0.1) is 0 Å². The van der Waals surface area contributed by atoms with Gasteiger partial charge in [0.05, 0.1) is 5.41 Å². The Labute approximate surface area is 92.4 Å². The Balaban J connectivity index is 2.50. The molecule has 1 saturated heterocycles. The molecule has 0 aromatic carbocycles. The standard InChI is InChI=1S/C11H23N3O/c1-4-13-5-7-14(8-6-13)10(15)11(2,3)9-12/h4-9,12H2,1-3H3. The monoisotopic (exact) mass is 213 g/mol. The highest BCUT2D eigenvalue weighted by atomic mass is 16.2. The molecule has 4 heteroatoms. The summed E-state index contributed by atoms with van der Waals surface area (Å²) in [5.74, 6) is 0.195. The second kappa shape index (κ2) is 4.94. The van der Waals surface area contributed by atoms with E-state index in [2.05, 4.69) is 11.8 Å². The largest absolute Gasteiger partial charge is 0.340 e. The van der Waals surface area contributed by atoms with E-state index in [4.69, 9.17) is 5.73 Å². The third-order valence-electron chi connectivity index (χ3n) is 3.20. The van der Waals surface area contributed by atoms with Crippen LogP contribution in [-0.4, -0.2) is 55.0 Å². The second-order valence-electron chi connectivity index (χ2n) is 4.81. The molecule has 1 aliphatic heterocycles. The van der Waals surface area contributed by atoms with E-state index < -0.39 is 5.41 Å². The molecule has 0 radical (unpaired) electrons. The van der Waals surface area contributed by atoms with E-state index in [1.54, 1.807) is 0 Å². The highest BCUT2D eigenvalue weighted by Gasteiger charge is 2.32. The highest BCUT2D eigenvalue weighted by molar-refractivity contribution is 5.82. The third-order valence-corrected chi connectivity index (χ3v) is 3.20. The van der Waals surface area contributed by atoms with Gasteiger partial charge in [0.2, 0.25) is 5.91 Å². The van der Waals surface area contributed by atoms with Gasteiger partial charge in [0.1, 0.15) is 0 Å². The number of carbonyl (C=O) groups excluding carboxylic acids is 1. The van der Waals surface area contributed by atoms with Crippen molar-refractivity contribution in [1.29, 1.82) is 0 Å². The lowest BCUT2D eigenvalue weighted by molar-refractivity contribution is -0.141. The summed E-state index contributed by atoms with van der Waals surface area (Å²) in [4.78, 5) is 16.4. The summed E-state index contributed by atoms with van der Waals surface area (Å²) in [5.41, 5.74) is 5.20. The van der Waals surface area contributed by atoms with E-state index in [0.717, 1.165) is 32.7 Å². The van der Waals surface area contributed by atoms with Crippen molar-refractivity contribution in [3.05, 3.63) is 0 Å². The van der Waals surface area contributed by atoms with Crippen molar-refractivity contribution in [2.45, 2.75) is 20.8 Å². The van der Waals surface area contributed by atoms with E-state index >= 15 is 0 Å². The Morgan fingerprint density at radius 2 is 1.80 bits per heavy atom. The van der Waals surface area contributed by atoms with Crippen molar-refractivity contribution in [2.24, 2.45) is 11.1 Å². The molecule has 15 heavy (non-hydrogen) atoms. The predicted octanol–water partition coefficient (Wildman–Crippen LogP) is 0.135. The molecule has 1 amide bonds. The first-order chi connectivity index (χ1) is 7.01. The summed E-state index contributed by atoms with van der Waals surface area (Å²) in [6.07, 6.45) is 0. The van der Waals surface area contributed by atoms with E-state index in [1.807, 2.05) is 18.7 Å². The maximum atomic E-state index is 12.1. The van der Waals surface area contributed by atoms with E-state index in [-0.39, 0.29) is 5.91 Å². The van der Waals surface area contributed by atoms with Crippen molar-refractivity contribution in [1.82, 2.24) is 9.80 Å². The number of hydrogen-bond donors (Lipinski definition) is 1. The van der Waals surface area contributed by atoms with Crippen LogP contribution in [0, 0.1) is 5.41 Å². The Hall–Kier alpha value is -0.610. The Morgan fingerprint density at radius 1 is 1.27 bits per heavy atom. The first kappa shape index (κ1) is 12.5. The molecule has 0 aromatic heterocycles. The van der Waals surface area contributed by atoms with Crippen LogP contribution < -0.4 is 5.73 Å². The zero-order valence-electron chi connectivity index (χ0n) is 10.1. The molecular weight excluding hydrogens is 190 g/mol. The number of likely N-dealkylation sites (N-methyl/N-ethyl adjacent to an activating group) is 1. The lowest BCUT2D eigenvalue weighted by atomic mass is 9.91. The summed E-state index contributed by atoms with van der Waals surface area (Å²) < 4.78 is 0. The van der Waals surface area contributed by atoms with Crippen LogP contribution in [0.2, 0.25) is 0 Å². The summed E-state index contributed by atoms with van der Waals surface area (Å²) in [7, 11) is 0. The molecule has 0 bridgehead atoms.